The molecule has 0 aromatic carbocycles. The molecule has 7 rings (SSSR count). The van der Waals surface area contributed by atoms with Crippen LogP contribution in [0.25, 0.3) is 0 Å². The van der Waals surface area contributed by atoms with E-state index in [2.05, 4.69) is 21.3 Å². The molecule has 1 spiro atoms. The maximum Gasteiger partial charge on any atom is 0.393 e. The molecule has 5 unspecified atom stereocenters. The zero-order valence-corrected chi connectivity index (χ0v) is 56.2. The molecular formula is C65H102ClF4N11O11. The first kappa shape index (κ1) is 73.6. The number of halogens is 5. The van der Waals surface area contributed by atoms with Crippen molar-refractivity contribution in [3.05, 3.63) is 0 Å². The molecule has 92 heavy (non-hydrogen) atoms. The molecule has 4 aliphatic carbocycles. The highest BCUT2D eigenvalue weighted by Gasteiger charge is 2.52. The Balaban J connectivity index is 1.21. The van der Waals surface area contributed by atoms with Crippen molar-refractivity contribution in [3.8, 4) is 0 Å². The highest BCUT2D eigenvalue weighted by Crippen LogP contribution is 2.44. The lowest BCUT2D eigenvalue weighted by Crippen LogP contribution is -2.64. The average Bonchev–Trinajstić information content (AvgIpc) is 1.53. The normalized spacial score (nSPS) is 33.2. The Hall–Kier alpha value is -5.82. The van der Waals surface area contributed by atoms with Crippen molar-refractivity contribution in [2.24, 2.45) is 29.6 Å². The van der Waals surface area contributed by atoms with Crippen LogP contribution in [0.15, 0.2) is 0 Å². The molecule has 0 bridgehead atoms. The Morgan fingerprint density at radius 1 is 0.609 bits per heavy atom. The highest BCUT2D eigenvalue weighted by atomic mass is 35.5. The van der Waals surface area contributed by atoms with Gasteiger partial charge >= 0.3 is 6.18 Å². The van der Waals surface area contributed by atoms with Gasteiger partial charge in [0.25, 0.3) is 0 Å². The molecule has 7 fully saturated rings. The first-order valence-corrected chi connectivity index (χ1v) is 34.3. The van der Waals surface area contributed by atoms with Crippen molar-refractivity contribution in [3.63, 3.8) is 0 Å². The van der Waals surface area contributed by atoms with Gasteiger partial charge in [0.1, 0.15) is 54.0 Å². The van der Waals surface area contributed by atoms with Crippen LogP contribution in [-0.2, 0) is 52.7 Å². The summed E-state index contributed by atoms with van der Waals surface area (Å²) in [5.41, 5.74) is -1.47. The lowest BCUT2D eigenvalue weighted by atomic mass is 9.78. The Bertz CT molecular complexity index is 2680. The van der Waals surface area contributed by atoms with E-state index < -0.39 is 162 Å². The van der Waals surface area contributed by atoms with Gasteiger partial charge in [-0.25, -0.2) is 4.39 Å². The van der Waals surface area contributed by atoms with Crippen LogP contribution in [-0.4, -0.2) is 232 Å². The fraction of sp³-hybridized carbons (Fsp3) is 0.831. The molecule has 4 N–H and O–H groups in total. The van der Waals surface area contributed by atoms with E-state index in [9.17, 15) is 56.3 Å². The van der Waals surface area contributed by atoms with Crippen LogP contribution >= 0.6 is 11.6 Å². The van der Waals surface area contributed by atoms with Gasteiger partial charge in [-0.2, -0.15) is 13.2 Å². The van der Waals surface area contributed by atoms with Gasteiger partial charge in [0.15, 0.2) is 0 Å². The minimum absolute atomic E-state index is 0.00298. The molecule has 0 radical (unpaired) electrons. The van der Waals surface area contributed by atoms with Crippen molar-refractivity contribution in [2.75, 3.05) is 61.4 Å². The van der Waals surface area contributed by atoms with Crippen LogP contribution < -0.4 is 21.3 Å². The van der Waals surface area contributed by atoms with Gasteiger partial charge < -0.3 is 55.6 Å². The summed E-state index contributed by atoms with van der Waals surface area (Å²) in [6.07, 6.45) is 1.81. The van der Waals surface area contributed by atoms with E-state index in [-0.39, 0.29) is 108 Å². The number of amides is 11. The van der Waals surface area contributed by atoms with Gasteiger partial charge in [-0.05, 0) is 140 Å². The molecule has 7 aliphatic rings. The number of carbonyl (C=O) groups excluding carboxylic acids is 11. The third-order valence-electron chi connectivity index (χ3n) is 21.5. The second-order valence-corrected chi connectivity index (χ2v) is 28.6. The summed E-state index contributed by atoms with van der Waals surface area (Å²) in [5.74, 6) is -9.80. The molecule has 11 amide bonds. The molecule has 3 heterocycles. The summed E-state index contributed by atoms with van der Waals surface area (Å²) in [6.45, 7) is 5.84. The molecule has 0 aromatic heterocycles. The molecule has 3 saturated heterocycles. The van der Waals surface area contributed by atoms with Crippen LogP contribution in [0.4, 0.5) is 17.6 Å². The smallest absolute Gasteiger partial charge is 0.351 e. The standard InChI is InChI=1S/C65H102ClF4N11O11/c1-10-38(2)54-62(91)76(6)37-53(84)80-30-17-23-49(80)61(90)78(8)50(35-42-18-15-21-44(67)33-42)60(89)75(5)36-51(82)72-47(27-25-41-24-26-45(46(66)34-41)65(68,69)70)59(88)81-31-16-22-48(81)57(86)74-64(28-13-14-29-64)63(92)79(9)55(43-19-11-12-20-43)58(87)71-39(3)32-52(83)77(7)40(4)56(85)73-54/h38-50,54-55H,10-37H2,1-9H3,(H,71,87)(H,72,82)(H,73,85)(H,74,86)/t38-,39+,40-,41?,42?,44?,45?,46?,47-,48-,49-,50-,54-,55-/m0/s1. The molecule has 14 atom stereocenters. The first-order valence-electron chi connectivity index (χ1n) is 33.8. The molecule has 0 aromatic rings. The lowest BCUT2D eigenvalue weighted by molar-refractivity contribution is -0.182. The minimum Gasteiger partial charge on any atom is -0.351 e. The minimum atomic E-state index is -4.51. The van der Waals surface area contributed by atoms with Crippen LogP contribution in [0.2, 0.25) is 0 Å². The van der Waals surface area contributed by atoms with Crippen molar-refractivity contribution < 1.29 is 70.3 Å². The number of alkyl halides is 5. The molecular weight excluding hydrogens is 1220 g/mol. The summed E-state index contributed by atoms with van der Waals surface area (Å²) in [5, 5.41) is 10.4. The Morgan fingerprint density at radius 3 is 1.88 bits per heavy atom. The van der Waals surface area contributed by atoms with E-state index in [0.29, 0.717) is 64.2 Å². The number of rotatable bonds is 8. The number of carbonyl (C=O) groups is 11. The van der Waals surface area contributed by atoms with Gasteiger partial charge in [0.05, 0.1) is 19.0 Å². The summed E-state index contributed by atoms with van der Waals surface area (Å²) in [7, 11) is 7.15. The topological polar surface area (TPSA) is 259 Å². The van der Waals surface area contributed by atoms with Crippen LogP contribution in [0, 0.1) is 29.6 Å². The second kappa shape index (κ2) is 32.1. The van der Waals surface area contributed by atoms with Gasteiger partial charge in [-0.1, -0.05) is 58.8 Å². The van der Waals surface area contributed by atoms with Crippen molar-refractivity contribution >= 4 is 76.6 Å². The zero-order chi connectivity index (χ0) is 67.7. The monoisotopic (exact) mass is 1320 g/mol. The molecule has 3 aliphatic heterocycles. The molecule has 27 heteroatoms. The maximum absolute atomic E-state index is 15.2. The predicted molar refractivity (Wildman–Crippen MR) is 334 cm³/mol. The number of hydrogen-bond acceptors (Lipinski definition) is 11. The number of likely N-dealkylation sites (N-methyl/N-ethyl adjacent to an activating group) is 5. The molecule has 518 valence electrons. The van der Waals surface area contributed by atoms with E-state index in [0.717, 1.165) is 17.7 Å². The van der Waals surface area contributed by atoms with E-state index >= 15 is 14.0 Å². The average molecular weight is 1330 g/mol. The number of nitrogens with zero attached hydrogens (tertiary/aromatic N) is 7. The number of hydrogen-bond donors (Lipinski definition) is 4. The molecule has 4 saturated carbocycles. The Labute approximate surface area is 544 Å². The van der Waals surface area contributed by atoms with Gasteiger partial charge in [-0.3, -0.25) is 52.7 Å². The van der Waals surface area contributed by atoms with Gasteiger partial charge in [0, 0.05) is 66.2 Å². The van der Waals surface area contributed by atoms with Crippen molar-refractivity contribution in [1.29, 1.82) is 0 Å². The summed E-state index contributed by atoms with van der Waals surface area (Å²) >= 11 is 6.37. The Morgan fingerprint density at radius 2 is 1.25 bits per heavy atom. The summed E-state index contributed by atoms with van der Waals surface area (Å²) < 4.78 is 56.9. The zero-order valence-electron chi connectivity index (χ0n) is 55.5. The van der Waals surface area contributed by atoms with E-state index in [1.54, 1.807) is 13.8 Å². The first-order chi connectivity index (χ1) is 43.4. The summed E-state index contributed by atoms with van der Waals surface area (Å²) in [6, 6.07) is -8.82. The van der Waals surface area contributed by atoms with E-state index in [4.69, 9.17) is 11.6 Å². The van der Waals surface area contributed by atoms with Crippen LogP contribution in [0.3, 0.4) is 0 Å². The number of fused-ring (bicyclic) bond motifs is 2. The van der Waals surface area contributed by atoms with Crippen LogP contribution in [0.1, 0.15) is 182 Å². The van der Waals surface area contributed by atoms with Crippen molar-refractivity contribution in [1.82, 2.24) is 55.6 Å². The lowest BCUT2D eigenvalue weighted by Gasteiger charge is -2.40. The van der Waals surface area contributed by atoms with Gasteiger partial charge in [0.2, 0.25) is 65.0 Å². The second-order valence-electron chi connectivity index (χ2n) is 28.0. The third-order valence-corrected chi connectivity index (χ3v) is 21.9. The summed E-state index contributed by atoms with van der Waals surface area (Å²) in [4.78, 5) is 170. The van der Waals surface area contributed by atoms with Gasteiger partial charge in [-0.15, -0.1) is 11.6 Å². The quantitative estimate of drug-likeness (QED) is 0.181. The SMILES string of the molecule is CC[C@H](C)[C@@H]1NC(=O)[C@H](C)N(C)C(=O)C[C@@H](C)NC(=O)[C@H](C2CCCC2)N(C)C(=O)C2(CCCC2)NC(=O)[C@@H]2CCCN2C(=O)[C@H](CCC2CCC(C(F)(F)F)C(Cl)C2)NC(=O)CN(C)C(=O)[C@H](CC2CCCC(F)C2)N(C)C(=O)[C@@H]2CCCN2C(=O)CN(C)C1=O. The Kier molecular flexibility index (Phi) is 25.7. The fourth-order valence-electron chi connectivity index (χ4n) is 15.5. The van der Waals surface area contributed by atoms with E-state index in [1.165, 1.54) is 71.6 Å². The molecule has 22 nitrogen and oxygen atoms in total. The fourth-order valence-corrected chi connectivity index (χ4v) is 16.1. The predicted octanol–water partition coefficient (Wildman–Crippen LogP) is 5.21. The van der Waals surface area contributed by atoms with E-state index in [1.807, 2.05) is 6.92 Å². The third kappa shape index (κ3) is 17.7. The maximum atomic E-state index is 15.2. The number of nitrogens with one attached hydrogen (secondary N) is 4. The highest BCUT2D eigenvalue weighted by molar-refractivity contribution is 6.20. The van der Waals surface area contributed by atoms with Crippen LogP contribution in [0.5, 0.6) is 0 Å². The van der Waals surface area contributed by atoms with Crippen molar-refractivity contribution in [2.45, 2.75) is 253 Å². The largest absolute Gasteiger partial charge is 0.393 e.